The monoisotopic (exact) mass is 435 g/mol. The molecule has 1 aliphatic heterocycles. The highest BCUT2D eigenvalue weighted by atomic mass is 19.1. The maximum Gasteiger partial charge on any atom is 0.225 e. The van der Waals surface area contributed by atoms with Crippen LogP contribution in [0.3, 0.4) is 0 Å². The van der Waals surface area contributed by atoms with E-state index in [1.165, 1.54) is 22.8 Å². The highest BCUT2D eigenvalue weighted by Crippen LogP contribution is 2.44. The fourth-order valence-electron chi connectivity index (χ4n) is 4.46. The number of guanidine groups is 1. The van der Waals surface area contributed by atoms with E-state index in [0.29, 0.717) is 29.2 Å². The zero-order chi connectivity index (χ0) is 22.3. The molecule has 1 heterocycles. The molecule has 0 saturated carbocycles. The zero-order valence-corrected chi connectivity index (χ0v) is 17.6. The molecule has 0 radical (unpaired) electrons. The Kier molecular flexibility index (Phi) is 4.96. The molecule has 1 unspecified atom stereocenters. The first-order valence-corrected chi connectivity index (χ1v) is 10.5. The fourth-order valence-corrected chi connectivity index (χ4v) is 4.46. The topological polar surface area (TPSA) is 60.1 Å². The summed E-state index contributed by atoms with van der Waals surface area (Å²) in [5.74, 6) is -0.179. The van der Waals surface area contributed by atoms with Crippen molar-refractivity contribution in [3.05, 3.63) is 83.4 Å². The highest BCUT2D eigenvalue weighted by Gasteiger charge is 2.40. The Bertz CT molecular complexity index is 1190. The number of rotatable bonds is 1. The number of halogens is 2. The Morgan fingerprint density at radius 1 is 0.969 bits per heavy atom. The van der Waals surface area contributed by atoms with E-state index in [1.54, 1.807) is 25.2 Å². The van der Waals surface area contributed by atoms with Gasteiger partial charge < -0.3 is 15.3 Å². The molecule has 3 aromatic rings. The van der Waals surface area contributed by atoms with E-state index in [-0.39, 0.29) is 5.96 Å². The van der Waals surface area contributed by atoms with Gasteiger partial charge >= 0.3 is 0 Å². The average molecular weight is 435 g/mol. The third kappa shape index (κ3) is 3.64. The van der Waals surface area contributed by atoms with Gasteiger partial charge in [0.25, 0.3) is 0 Å². The molecule has 32 heavy (non-hydrogen) atoms. The molecule has 1 atom stereocenters. The molecular formula is C25H23F2N3O2. The third-order valence-electron chi connectivity index (χ3n) is 6.03. The van der Waals surface area contributed by atoms with Crippen molar-refractivity contribution in [2.24, 2.45) is 10.7 Å². The normalized spacial score (nSPS) is 20.1. The van der Waals surface area contributed by atoms with Crippen molar-refractivity contribution in [1.29, 1.82) is 0 Å². The van der Waals surface area contributed by atoms with Crippen LogP contribution in [0.15, 0.2) is 65.7 Å². The maximum atomic E-state index is 13.8. The summed E-state index contributed by atoms with van der Waals surface area (Å²) in [6, 6.07) is 16.8. The zero-order valence-electron chi connectivity index (χ0n) is 17.6. The van der Waals surface area contributed by atoms with Gasteiger partial charge in [0.05, 0.1) is 6.54 Å². The number of hydroxylamine groups is 2. The van der Waals surface area contributed by atoms with Gasteiger partial charge in [-0.3, -0.25) is 0 Å². The lowest BCUT2D eigenvalue weighted by molar-refractivity contribution is 0.0295. The first kappa shape index (κ1) is 20.3. The van der Waals surface area contributed by atoms with Crippen molar-refractivity contribution < 1.29 is 18.4 Å². The Balaban J connectivity index is 1.63. The molecule has 0 amide bonds. The Hall–Kier alpha value is -3.61. The molecule has 3 aromatic carbocycles. The lowest BCUT2D eigenvalue weighted by Gasteiger charge is -2.38. The van der Waals surface area contributed by atoms with Gasteiger partial charge in [-0.15, -0.1) is 0 Å². The summed E-state index contributed by atoms with van der Waals surface area (Å²) in [4.78, 5) is 10.5. The summed E-state index contributed by atoms with van der Waals surface area (Å²) in [6.07, 6.45) is 2.72. The number of nitrogens with zero attached hydrogens (tertiary/aromatic N) is 2. The van der Waals surface area contributed by atoms with Crippen LogP contribution in [0.1, 0.15) is 24.0 Å². The van der Waals surface area contributed by atoms with E-state index in [2.05, 4.69) is 17.1 Å². The molecule has 0 aromatic heterocycles. The van der Waals surface area contributed by atoms with E-state index in [0.717, 1.165) is 30.9 Å². The second-order valence-electron chi connectivity index (χ2n) is 8.19. The van der Waals surface area contributed by atoms with Crippen LogP contribution in [0.2, 0.25) is 0 Å². The van der Waals surface area contributed by atoms with Crippen LogP contribution in [0, 0.1) is 11.6 Å². The molecule has 1 aliphatic carbocycles. The smallest absolute Gasteiger partial charge is 0.225 e. The number of aryl methyl sites for hydroxylation is 1. The van der Waals surface area contributed by atoms with E-state index in [9.17, 15) is 8.78 Å². The van der Waals surface area contributed by atoms with Gasteiger partial charge in [-0.25, -0.2) is 13.8 Å². The van der Waals surface area contributed by atoms with Crippen molar-refractivity contribution in [1.82, 2.24) is 5.06 Å². The van der Waals surface area contributed by atoms with E-state index in [1.807, 2.05) is 12.1 Å². The summed E-state index contributed by atoms with van der Waals surface area (Å²) in [5, 5.41) is 1.37. The second-order valence-corrected chi connectivity index (χ2v) is 8.19. The number of nitrogens with two attached hydrogens (primary N) is 1. The van der Waals surface area contributed by atoms with Crippen LogP contribution in [0.4, 0.5) is 8.78 Å². The van der Waals surface area contributed by atoms with Crippen LogP contribution in [0.5, 0.6) is 11.5 Å². The molecule has 164 valence electrons. The van der Waals surface area contributed by atoms with Gasteiger partial charge in [-0.05, 0) is 60.2 Å². The molecule has 0 fully saturated rings. The number of hydrogen-bond acceptors (Lipinski definition) is 5. The summed E-state index contributed by atoms with van der Waals surface area (Å²) >= 11 is 0. The van der Waals surface area contributed by atoms with Gasteiger partial charge in [0, 0.05) is 18.7 Å². The number of benzene rings is 3. The molecule has 2 N–H and O–H groups in total. The quantitative estimate of drug-likeness (QED) is 0.597. The van der Waals surface area contributed by atoms with E-state index < -0.39 is 17.2 Å². The minimum absolute atomic E-state index is 0.214. The van der Waals surface area contributed by atoms with Crippen molar-refractivity contribution >= 4 is 5.96 Å². The van der Waals surface area contributed by atoms with Gasteiger partial charge in [-0.1, -0.05) is 30.3 Å². The molecular weight excluding hydrogens is 412 g/mol. The van der Waals surface area contributed by atoms with Crippen molar-refractivity contribution in [3.63, 3.8) is 0 Å². The number of fused-ring (bicyclic) bond motifs is 3. The van der Waals surface area contributed by atoms with Gasteiger partial charge in [0.2, 0.25) is 5.96 Å². The molecule has 7 heteroatoms. The Morgan fingerprint density at radius 3 is 2.56 bits per heavy atom. The molecule has 2 aliphatic rings. The van der Waals surface area contributed by atoms with Crippen molar-refractivity contribution in [2.75, 3.05) is 13.6 Å². The first-order chi connectivity index (χ1) is 15.4. The van der Waals surface area contributed by atoms with E-state index in [4.69, 9.17) is 15.3 Å². The van der Waals surface area contributed by atoms with Gasteiger partial charge in [0.15, 0.2) is 17.1 Å². The number of aliphatic imine (C=N–C) groups is 1. The molecule has 0 bridgehead atoms. The fraction of sp³-hybridized carbons (Fsp3) is 0.240. The lowest BCUT2D eigenvalue weighted by atomic mass is 9.79. The minimum Gasteiger partial charge on any atom is -0.477 e. The number of ether oxygens (including phenoxy) is 1. The highest BCUT2D eigenvalue weighted by molar-refractivity contribution is 5.77. The van der Waals surface area contributed by atoms with Crippen LogP contribution in [0.25, 0.3) is 11.1 Å². The number of hydrogen-bond donors (Lipinski definition) is 1. The molecule has 5 nitrogen and oxygen atoms in total. The van der Waals surface area contributed by atoms with Crippen molar-refractivity contribution in [2.45, 2.75) is 24.9 Å². The predicted octanol–water partition coefficient (Wildman–Crippen LogP) is 4.80. The van der Waals surface area contributed by atoms with Crippen molar-refractivity contribution in [3.8, 4) is 22.6 Å². The molecule has 1 spiro atoms. The van der Waals surface area contributed by atoms with Crippen LogP contribution < -0.4 is 15.3 Å². The first-order valence-electron chi connectivity index (χ1n) is 10.5. The Morgan fingerprint density at radius 2 is 1.75 bits per heavy atom. The summed E-state index contributed by atoms with van der Waals surface area (Å²) in [5.41, 5.74) is 8.80. The molecule has 5 rings (SSSR count). The summed E-state index contributed by atoms with van der Waals surface area (Å²) in [7, 11) is 1.66. The standard InChI is InChI=1S/C25H23F2N3O2/c1-30-24(28)29-15-25(10-4-6-16-5-2-3-7-21(16)25)31-22-9-8-17(13-23(22)32-30)18-11-19(26)14-20(27)12-18/h2-3,5,7-9,11-14H,4,6,10,15H2,1H3,(H2,28,29). The van der Waals surface area contributed by atoms with Crippen LogP contribution >= 0.6 is 0 Å². The third-order valence-corrected chi connectivity index (χ3v) is 6.03. The van der Waals surface area contributed by atoms with E-state index >= 15 is 0 Å². The molecule has 0 saturated heterocycles. The van der Waals surface area contributed by atoms with Crippen LogP contribution in [-0.2, 0) is 12.0 Å². The average Bonchev–Trinajstić information content (AvgIpc) is 2.82. The van der Waals surface area contributed by atoms with Crippen LogP contribution in [-0.4, -0.2) is 24.6 Å². The largest absolute Gasteiger partial charge is 0.477 e. The Labute approximate surface area is 185 Å². The SMILES string of the molecule is CN1Oc2cc(-c3cc(F)cc(F)c3)ccc2OC2(CCCc3ccccc32)CN=C1N. The minimum atomic E-state index is -0.685. The summed E-state index contributed by atoms with van der Waals surface area (Å²) < 4.78 is 34.2. The van der Waals surface area contributed by atoms with Gasteiger partial charge in [0.1, 0.15) is 11.6 Å². The lowest BCUT2D eigenvalue weighted by Crippen LogP contribution is -2.41. The van der Waals surface area contributed by atoms with Gasteiger partial charge in [-0.2, -0.15) is 5.06 Å². The summed E-state index contributed by atoms with van der Waals surface area (Å²) in [6.45, 7) is 0.347. The second kappa shape index (κ2) is 7.82. The predicted molar refractivity (Wildman–Crippen MR) is 118 cm³/mol. The maximum absolute atomic E-state index is 13.8.